The molecule has 3 aromatic rings. The van der Waals surface area contributed by atoms with Gasteiger partial charge in [-0.2, -0.15) is 5.10 Å². The van der Waals surface area contributed by atoms with Crippen LogP contribution in [0.25, 0.3) is 5.82 Å². The van der Waals surface area contributed by atoms with Crippen molar-refractivity contribution in [3.63, 3.8) is 0 Å². The number of carbonyl (C=O) groups excluding carboxylic acids is 2. The van der Waals surface area contributed by atoms with Crippen molar-refractivity contribution in [2.45, 2.75) is 13.8 Å². The number of hydrogen-bond donors (Lipinski definition) is 1. The number of aryl methyl sites for hydroxylation is 2. The summed E-state index contributed by atoms with van der Waals surface area (Å²) in [6.07, 6.45) is 0. The van der Waals surface area contributed by atoms with E-state index in [0.29, 0.717) is 5.82 Å². The van der Waals surface area contributed by atoms with Crippen LogP contribution in [0.2, 0.25) is 10.0 Å². The Labute approximate surface area is 185 Å². The molecule has 0 saturated heterocycles. The van der Waals surface area contributed by atoms with Crippen LogP contribution in [0.3, 0.4) is 0 Å². The SMILES string of the molecule is Cc1cc(C)n(-c2ccc(Cl)c(C(=O)OCC(=O)Nc3ccc([N+](=O)[O-])cc3Cl)n2)n1. The molecule has 0 aliphatic heterocycles. The van der Waals surface area contributed by atoms with Gasteiger partial charge in [-0.1, -0.05) is 23.2 Å². The number of non-ortho nitro benzene ring substituents is 1. The van der Waals surface area contributed by atoms with E-state index in [1.54, 1.807) is 10.7 Å². The Morgan fingerprint density at radius 2 is 1.90 bits per heavy atom. The number of esters is 1. The number of carbonyl (C=O) groups is 2. The largest absolute Gasteiger partial charge is 0.451 e. The van der Waals surface area contributed by atoms with Crippen LogP contribution in [0, 0.1) is 24.0 Å². The van der Waals surface area contributed by atoms with Crippen molar-refractivity contribution in [3.05, 3.63) is 73.6 Å². The molecule has 2 aromatic heterocycles. The highest BCUT2D eigenvalue weighted by atomic mass is 35.5. The molecule has 0 fully saturated rings. The number of rotatable bonds is 6. The molecule has 1 amide bonds. The lowest BCUT2D eigenvalue weighted by atomic mass is 10.3. The second-order valence-electron chi connectivity index (χ2n) is 6.38. The van der Waals surface area contributed by atoms with Gasteiger partial charge in [0.05, 0.1) is 26.3 Å². The monoisotopic (exact) mass is 463 g/mol. The first-order valence-electron chi connectivity index (χ1n) is 8.77. The number of hydrogen-bond acceptors (Lipinski definition) is 7. The predicted octanol–water partition coefficient (Wildman–Crippen LogP) is 3.89. The minimum Gasteiger partial charge on any atom is -0.451 e. The fourth-order valence-corrected chi connectivity index (χ4v) is 3.06. The number of pyridine rings is 1. The first-order chi connectivity index (χ1) is 14.7. The summed E-state index contributed by atoms with van der Waals surface area (Å²) in [5.74, 6) is -1.24. The van der Waals surface area contributed by atoms with Gasteiger partial charge in [0.25, 0.3) is 11.6 Å². The minimum absolute atomic E-state index is 0.0313. The van der Waals surface area contributed by atoms with Crippen molar-refractivity contribution >= 4 is 46.5 Å². The third kappa shape index (κ3) is 5.16. The van der Waals surface area contributed by atoms with Crippen LogP contribution in [0.4, 0.5) is 11.4 Å². The van der Waals surface area contributed by atoms with Crippen LogP contribution in [0.1, 0.15) is 21.9 Å². The van der Waals surface area contributed by atoms with E-state index in [-0.39, 0.29) is 27.1 Å². The molecule has 0 aliphatic carbocycles. The molecule has 1 aromatic carbocycles. The van der Waals surface area contributed by atoms with Crippen molar-refractivity contribution in [1.29, 1.82) is 0 Å². The summed E-state index contributed by atoms with van der Waals surface area (Å²) in [7, 11) is 0. The molecule has 3 rings (SSSR count). The van der Waals surface area contributed by atoms with Gasteiger partial charge in [-0.25, -0.2) is 14.5 Å². The maximum atomic E-state index is 12.4. The van der Waals surface area contributed by atoms with Gasteiger partial charge in [0.1, 0.15) is 0 Å². The van der Waals surface area contributed by atoms with E-state index >= 15 is 0 Å². The van der Waals surface area contributed by atoms with E-state index in [9.17, 15) is 19.7 Å². The minimum atomic E-state index is -0.904. The summed E-state index contributed by atoms with van der Waals surface area (Å²) in [6, 6.07) is 8.48. The number of nitro benzene ring substituents is 1. The number of amides is 1. The summed E-state index contributed by atoms with van der Waals surface area (Å²) < 4.78 is 6.54. The molecule has 0 unspecified atom stereocenters. The molecule has 31 heavy (non-hydrogen) atoms. The van der Waals surface area contributed by atoms with Crippen molar-refractivity contribution in [2.75, 3.05) is 11.9 Å². The molecule has 10 nitrogen and oxygen atoms in total. The zero-order valence-electron chi connectivity index (χ0n) is 16.3. The van der Waals surface area contributed by atoms with Crippen LogP contribution in [0.15, 0.2) is 36.4 Å². The Hall–Kier alpha value is -3.50. The van der Waals surface area contributed by atoms with E-state index in [4.69, 9.17) is 27.9 Å². The van der Waals surface area contributed by atoms with Crippen molar-refractivity contribution < 1.29 is 19.2 Å². The lowest BCUT2D eigenvalue weighted by molar-refractivity contribution is -0.384. The van der Waals surface area contributed by atoms with Crippen LogP contribution in [-0.2, 0) is 9.53 Å². The van der Waals surface area contributed by atoms with E-state index in [1.807, 2.05) is 19.9 Å². The molecule has 12 heteroatoms. The molecule has 0 saturated carbocycles. The van der Waals surface area contributed by atoms with Gasteiger partial charge in [-0.3, -0.25) is 14.9 Å². The third-order valence-electron chi connectivity index (χ3n) is 4.02. The lowest BCUT2D eigenvalue weighted by Crippen LogP contribution is -2.22. The van der Waals surface area contributed by atoms with Crippen LogP contribution >= 0.6 is 23.2 Å². The molecule has 160 valence electrons. The summed E-state index contributed by atoms with van der Waals surface area (Å²) in [6.45, 7) is 3.01. The molecule has 0 bridgehead atoms. The third-order valence-corrected chi connectivity index (χ3v) is 4.64. The number of halogens is 2. The number of aromatic nitrogens is 3. The van der Waals surface area contributed by atoms with Crippen molar-refractivity contribution in [3.8, 4) is 5.82 Å². The second kappa shape index (κ2) is 9.11. The number of nitro groups is 1. The van der Waals surface area contributed by atoms with E-state index in [2.05, 4.69) is 15.4 Å². The van der Waals surface area contributed by atoms with Gasteiger partial charge >= 0.3 is 5.97 Å². The Bertz CT molecular complexity index is 1190. The number of nitrogens with zero attached hydrogens (tertiary/aromatic N) is 4. The Morgan fingerprint density at radius 3 is 2.52 bits per heavy atom. The summed E-state index contributed by atoms with van der Waals surface area (Å²) >= 11 is 12.0. The van der Waals surface area contributed by atoms with Crippen LogP contribution in [-0.4, -0.2) is 38.2 Å². The zero-order valence-corrected chi connectivity index (χ0v) is 17.8. The van der Waals surface area contributed by atoms with Crippen LogP contribution < -0.4 is 5.32 Å². The molecule has 0 aliphatic rings. The fraction of sp³-hybridized carbons (Fsp3) is 0.158. The van der Waals surface area contributed by atoms with Crippen LogP contribution in [0.5, 0.6) is 0 Å². The predicted molar refractivity (Wildman–Crippen MR) is 113 cm³/mol. The molecule has 2 heterocycles. The molecule has 1 N–H and O–H groups in total. The molecular weight excluding hydrogens is 449 g/mol. The number of anilines is 1. The molecule has 0 radical (unpaired) electrons. The molecule has 0 atom stereocenters. The van der Waals surface area contributed by atoms with Gasteiger partial charge in [0.15, 0.2) is 18.1 Å². The van der Waals surface area contributed by atoms with E-state index in [0.717, 1.165) is 17.5 Å². The van der Waals surface area contributed by atoms with Crippen molar-refractivity contribution in [1.82, 2.24) is 14.8 Å². The smallest absolute Gasteiger partial charge is 0.359 e. The average Bonchev–Trinajstić information content (AvgIpc) is 3.06. The highest BCUT2D eigenvalue weighted by Crippen LogP contribution is 2.26. The van der Waals surface area contributed by atoms with E-state index < -0.39 is 23.4 Å². The Kier molecular flexibility index (Phi) is 6.52. The first kappa shape index (κ1) is 22.2. The number of nitrogens with one attached hydrogen (secondary N) is 1. The Morgan fingerprint density at radius 1 is 1.16 bits per heavy atom. The maximum absolute atomic E-state index is 12.4. The number of benzene rings is 1. The van der Waals surface area contributed by atoms with Gasteiger partial charge in [0, 0.05) is 17.8 Å². The lowest BCUT2D eigenvalue weighted by Gasteiger charge is -2.10. The standard InChI is InChI=1S/C19H15Cl2N5O5/c1-10-7-11(2)25(24-10)16-6-4-13(20)18(23-16)19(28)31-9-17(27)22-15-5-3-12(26(29)30)8-14(15)21/h3-8H,9H2,1-2H3,(H,22,27). The highest BCUT2D eigenvalue weighted by molar-refractivity contribution is 6.34. The number of ether oxygens (including phenoxy) is 1. The first-order valence-corrected chi connectivity index (χ1v) is 9.52. The summed E-state index contributed by atoms with van der Waals surface area (Å²) in [5.41, 5.74) is 1.33. The van der Waals surface area contributed by atoms with Gasteiger partial charge in [-0.05, 0) is 38.1 Å². The Balaban J connectivity index is 1.68. The summed E-state index contributed by atoms with van der Waals surface area (Å²) in [4.78, 5) is 38.8. The van der Waals surface area contributed by atoms with Gasteiger partial charge in [-0.15, -0.1) is 0 Å². The molecular formula is C19H15Cl2N5O5. The second-order valence-corrected chi connectivity index (χ2v) is 7.20. The maximum Gasteiger partial charge on any atom is 0.359 e. The van der Waals surface area contributed by atoms with E-state index in [1.165, 1.54) is 18.2 Å². The van der Waals surface area contributed by atoms with Gasteiger partial charge in [0.2, 0.25) is 0 Å². The van der Waals surface area contributed by atoms with Gasteiger partial charge < -0.3 is 10.1 Å². The normalized spacial score (nSPS) is 10.6. The molecule has 0 spiro atoms. The summed E-state index contributed by atoms with van der Waals surface area (Å²) in [5, 5.41) is 17.5. The topological polar surface area (TPSA) is 129 Å². The van der Waals surface area contributed by atoms with Crippen molar-refractivity contribution in [2.24, 2.45) is 0 Å². The zero-order chi connectivity index (χ0) is 22.7. The average molecular weight is 464 g/mol. The fourth-order valence-electron chi connectivity index (χ4n) is 2.66. The quantitative estimate of drug-likeness (QED) is 0.333. The highest BCUT2D eigenvalue weighted by Gasteiger charge is 2.19.